The molecule has 48 heavy (non-hydrogen) atoms. The van der Waals surface area contributed by atoms with E-state index >= 15 is 0 Å². The summed E-state index contributed by atoms with van der Waals surface area (Å²) in [7, 11) is -10.8. The smallest absolute Gasteiger partial charge is 0.440 e. The standard InChI is InChI=1S/C23H35N9O13P2S/c24-19-16-20(28-9-27-19)32(10-29-16)21-17(34)18(12(43-21)7-42-47(40,41)45-46(37,38)39)44-23(36)26-6-5-25-14(33)4-2-1-3-13-15-11(8-48-13)30-22(35)31-15/h9-13,15,17-18,21,34H,1-8H2,(H,25,33)(H,26,36)(H,40,41)(H2,24,27,28)(H2,30,31,35)(H2,37,38,39)/t11-,12+,13-,15-,17+,18+,21+/m0/s1. The number of aromatic nitrogens is 4. The van der Waals surface area contributed by atoms with Gasteiger partial charge in [0.2, 0.25) is 5.91 Å². The number of aliphatic hydroxyl groups is 1. The third kappa shape index (κ3) is 9.11. The molecule has 5 rings (SSSR count). The summed E-state index contributed by atoms with van der Waals surface area (Å²) in [5, 5.41) is 22.3. The first-order valence-electron chi connectivity index (χ1n) is 14.6. The lowest BCUT2D eigenvalue weighted by atomic mass is 10.0. The predicted molar refractivity (Wildman–Crippen MR) is 164 cm³/mol. The number of hydrogen-bond donors (Lipinski definition) is 9. The van der Waals surface area contributed by atoms with Crippen LogP contribution in [-0.4, -0.2) is 118 Å². The number of nitrogen functional groups attached to an aromatic ring is 1. The molecule has 0 aromatic carbocycles. The summed E-state index contributed by atoms with van der Waals surface area (Å²) in [5.41, 5.74) is 6.12. The van der Waals surface area contributed by atoms with Gasteiger partial charge < -0.3 is 56.3 Å². The second-order valence-electron chi connectivity index (χ2n) is 11.0. The predicted octanol–water partition coefficient (Wildman–Crippen LogP) is -1.17. The number of imidazole rings is 1. The highest BCUT2D eigenvalue weighted by molar-refractivity contribution is 8.00. The molecule has 8 atom stereocenters. The van der Waals surface area contributed by atoms with Gasteiger partial charge in [-0.1, -0.05) is 6.42 Å². The topological polar surface area (TPSA) is 321 Å². The van der Waals surface area contributed by atoms with Crippen molar-refractivity contribution in [1.29, 1.82) is 0 Å². The number of amides is 4. The Balaban J connectivity index is 1.09. The number of phosphoric ester groups is 1. The van der Waals surface area contributed by atoms with E-state index in [1.807, 2.05) is 0 Å². The average molecular weight is 740 g/mol. The van der Waals surface area contributed by atoms with Crippen LogP contribution in [0, 0.1) is 0 Å². The van der Waals surface area contributed by atoms with Crippen molar-refractivity contribution in [3.05, 3.63) is 12.7 Å². The molecular weight excluding hydrogens is 704 g/mol. The Bertz CT molecular complexity index is 1600. The molecule has 2 aromatic rings. The van der Waals surface area contributed by atoms with Crippen LogP contribution in [0.5, 0.6) is 0 Å². The third-order valence-electron chi connectivity index (χ3n) is 7.62. The molecule has 1 unspecified atom stereocenters. The third-order valence-corrected chi connectivity index (χ3v) is 11.3. The molecule has 0 radical (unpaired) electrons. The molecule has 266 valence electrons. The Morgan fingerprint density at radius 2 is 1.92 bits per heavy atom. The number of urea groups is 1. The minimum absolute atomic E-state index is 0.0282. The Morgan fingerprint density at radius 1 is 1.15 bits per heavy atom. The fourth-order valence-corrected chi connectivity index (χ4v) is 8.65. The van der Waals surface area contributed by atoms with Gasteiger partial charge in [0.05, 0.1) is 25.0 Å². The van der Waals surface area contributed by atoms with Gasteiger partial charge in [0.15, 0.2) is 23.8 Å². The van der Waals surface area contributed by atoms with Gasteiger partial charge in [-0.25, -0.2) is 33.7 Å². The minimum Gasteiger partial charge on any atom is -0.440 e. The lowest BCUT2D eigenvalue weighted by Crippen LogP contribution is -2.42. The minimum atomic E-state index is -5.43. The van der Waals surface area contributed by atoms with Crippen LogP contribution in [0.2, 0.25) is 0 Å². The molecule has 4 amide bonds. The number of fused-ring (bicyclic) bond motifs is 2. The van der Waals surface area contributed by atoms with Crippen LogP contribution in [0.25, 0.3) is 11.2 Å². The molecule has 5 heterocycles. The number of hydrogen-bond acceptors (Lipinski definition) is 15. The Hall–Kier alpha value is -3.11. The summed E-state index contributed by atoms with van der Waals surface area (Å²) in [5.74, 6) is 0.665. The van der Waals surface area contributed by atoms with Crippen molar-refractivity contribution >= 4 is 62.4 Å². The maximum Gasteiger partial charge on any atom is 0.481 e. The van der Waals surface area contributed by atoms with Gasteiger partial charge >= 0.3 is 27.8 Å². The van der Waals surface area contributed by atoms with Gasteiger partial charge in [-0.3, -0.25) is 13.9 Å². The van der Waals surface area contributed by atoms with Crippen molar-refractivity contribution in [2.75, 3.05) is 31.2 Å². The van der Waals surface area contributed by atoms with Crippen molar-refractivity contribution < 1.29 is 61.6 Å². The van der Waals surface area contributed by atoms with Crippen LogP contribution in [-0.2, 0) is 32.2 Å². The molecule has 0 spiro atoms. The number of alkyl carbamates (subject to hydrolysis) is 1. The highest BCUT2D eigenvalue weighted by Gasteiger charge is 2.49. The summed E-state index contributed by atoms with van der Waals surface area (Å²) in [6.45, 7) is -0.925. The molecular formula is C23H35N9O13P2S. The van der Waals surface area contributed by atoms with Gasteiger partial charge in [0.25, 0.3) is 0 Å². The molecule has 10 N–H and O–H groups in total. The lowest BCUT2D eigenvalue weighted by Gasteiger charge is -2.21. The van der Waals surface area contributed by atoms with E-state index in [9.17, 15) is 33.5 Å². The normalized spacial score (nSPS) is 28.0. The quantitative estimate of drug-likeness (QED) is 0.0590. The Kier molecular flexibility index (Phi) is 11.5. The van der Waals surface area contributed by atoms with Gasteiger partial charge in [-0.2, -0.15) is 16.1 Å². The van der Waals surface area contributed by atoms with Crippen LogP contribution in [0.3, 0.4) is 0 Å². The van der Waals surface area contributed by atoms with Crippen molar-refractivity contribution in [1.82, 2.24) is 40.8 Å². The van der Waals surface area contributed by atoms with E-state index in [2.05, 4.69) is 45.1 Å². The van der Waals surface area contributed by atoms with Gasteiger partial charge in [0, 0.05) is 30.5 Å². The van der Waals surface area contributed by atoms with E-state index in [4.69, 9.17) is 25.0 Å². The number of carbonyl (C=O) groups excluding carboxylic acids is 3. The number of thioether (sulfide) groups is 1. The highest BCUT2D eigenvalue weighted by atomic mass is 32.2. The van der Waals surface area contributed by atoms with E-state index in [1.165, 1.54) is 10.9 Å². The summed E-state index contributed by atoms with van der Waals surface area (Å²) in [6.07, 6.45) is -2.13. The van der Waals surface area contributed by atoms with Gasteiger partial charge in [0.1, 0.15) is 24.1 Å². The molecule has 0 saturated carbocycles. The van der Waals surface area contributed by atoms with E-state index < -0.39 is 52.9 Å². The van der Waals surface area contributed by atoms with Crippen molar-refractivity contribution in [3.63, 3.8) is 0 Å². The first-order valence-corrected chi connectivity index (χ1v) is 18.7. The van der Waals surface area contributed by atoms with Gasteiger partial charge in [-0.05, 0) is 12.8 Å². The zero-order valence-corrected chi connectivity index (χ0v) is 27.6. The molecule has 3 fully saturated rings. The average Bonchev–Trinajstić information content (AvgIpc) is 3.75. The molecule has 0 bridgehead atoms. The number of nitrogens with zero attached hydrogens (tertiary/aromatic N) is 4. The fraction of sp³-hybridized carbons (Fsp3) is 0.652. The van der Waals surface area contributed by atoms with E-state index in [0.29, 0.717) is 11.7 Å². The summed E-state index contributed by atoms with van der Waals surface area (Å²) in [6, 6.07) is 0.0964. The van der Waals surface area contributed by atoms with Crippen molar-refractivity contribution in [3.8, 4) is 0 Å². The number of anilines is 1. The molecule has 3 saturated heterocycles. The number of rotatable bonds is 15. The zero-order valence-electron chi connectivity index (χ0n) is 25.0. The second kappa shape index (κ2) is 15.2. The van der Waals surface area contributed by atoms with Crippen LogP contribution >= 0.6 is 27.4 Å². The number of aliphatic hydroxyl groups excluding tert-OH is 1. The molecule has 25 heteroatoms. The number of nitrogens with one attached hydrogen (secondary N) is 4. The Labute approximate surface area is 276 Å². The van der Waals surface area contributed by atoms with Crippen LogP contribution in [0.4, 0.5) is 15.4 Å². The van der Waals surface area contributed by atoms with Crippen LogP contribution in [0.1, 0.15) is 31.9 Å². The summed E-state index contributed by atoms with van der Waals surface area (Å²) in [4.78, 5) is 75.8. The molecule has 2 aromatic heterocycles. The van der Waals surface area contributed by atoms with Crippen molar-refractivity contribution in [2.45, 2.75) is 67.6 Å². The number of nitrogens with two attached hydrogens (primary N) is 1. The fourth-order valence-electron chi connectivity index (χ4n) is 5.51. The first kappa shape index (κ1) is 36.2. The maximum atomic E-state index is 12.6. The zero-order chi connectivity index (χ0) is 34.6. The number of unbranched alkanes of at least 4 members (excludes halogenated alkanes) is 1. The molecule has 22 nitrogen and oxygen atoms in total. The van der Waals surface area contributed by atoms with Crippen LogP contribution in [0.15, 0.2) is 12.7 Å². The van der Waals surface area contributed by atoms with Gasteiger partial charge in [-0.15, -0.1) is 0 Å². The molecule has 0 aliphatic carbocycles. The van der Waals surface area contributed by atoms with E-state index in [-0.39, 0.29) is 60.5 Å². The number of carbonyl (C=O) groups is 3. The monoisotopic (exact) mass is 739 g/mol. The number of ether oxygens (including phenoxy) is 2. The van der Waals surface area contributed by atoms with Crippen molar-refractivity contribution in [2.24, 2.45) is 0 Å². The Morgan fingerprint density at radius 3 is 2.69 bits per heavy atom. The maximum absolute atomic E-state index is 12.6. The molecule has 3 aliphatic heterocycles. The first-order chi connectivity index (χ1) is 22.7. The number of phosphoric acid groups is 2. The SMILES string of the molecule is Nc1ncnc2c1ncn2[C@@H]1O[C@H](COP(=O)(O)OP(=O)(O)O)[C@@H](OC(=O)NCCNC(=O)CCCC[C@@H]2SC[C@@H]3NC(=O)N[C@@H]32)[C@H]1O. The van der Waals surface area contributed by atoms with Crippen LogP contribution < -0.4 is 27.0 Å². The lowest BCUT2D eigenvalue weighted by molar-refractivity contribution is -0.121. The van der Waals surface area contributed by atoms with E-state index in [1.54, 1.807) is 11.8 Å². The summed E-state index contributed by atoms with van der Waals surface area (Å²) >= 11 is 1.80. The highest BCUT2D eigenvalue weighted by Crippen LogP contribution is 2.57. The molecule has 3 aliphatic rings. The summed E-state index contributed by atoms with van der Waals surface area (Å²) < 4.78 is 43.8. The largest absolute Gasteiger partial charge is 0.481 e. The second-order valence-corrected chi connectivity index (χ2v) is 15.1. The van der Waals surface area contributed by atoms with E-state index in [0.717, 1.165) is 24.9 Å².